The Bertz CT molecular complexity index is 1070. The van der Waals surface area contributed by atoms with Crippen LogP contribution in [0, 0.1) is 5.92 Å². The first-order valence-corrected chi connectivity index (χ1v) is 11.0. The number of benzene rings is 1. The van der Waals surface area contributed by atoms with Crippen molar-refractivity contribution in [2.75, 3.05) is 13.6 Å². The van der Waals surface area contributed by atoms with Gasteiger partial charge in [-0.1, -0.05) is 18.2 Å². The molecule has 1 fully saturated rings. The van der Waals surface area contributed by atoms with Crippen molar-refractivity contribution >= 4 is 16.8 Å². The Balaban J connectivity index is 1.41. The molecule has 1 aliphatic carbocycles. The molecule has 5 heteroatoms. The van der Waals surface area contributed by atoms with E-state index < -0.39 is 0 Å². The molecule has 0 saturated carbocycles. The predicted octanol–water partition coefficient (Wildman–Crippen LogP) is 3.89. The summed E-state index contributed by atoms with van der Waals surface area (Å²) >= 11 is 0. The maximum atomic E-state index is 13.0. The number of carbonyl (C=O) groups is 1. The summed E-state index contributed by atoms with van der Waals surface area (Å²) in [6.45, 7) is 5.79. The second-order valence-corrected chi connectivity index (χ2v) is 9.19. The Morgan fingerprint density at radius 2 is 2.10 bits per heavy atom. The summed E-state index contributed by atoms with van der Waals surface area (Å²) < 4.78 is 2.41. The molecule has 5 rings (SSSR count). The van der Waals surface area contributed by atoms with E-state index in [0.717, 1.165) is 25.1 Å². The van der Waals surface area contributed by atoms with Gasteiger partial charge < -0.3 is 14.8 Å². The van der Waals surface area contributed by atoms with Gasteiger partial charge in [-0.15, -0.1) is 0 Å². The van der Waals surface area contributed by atoms with Crippen LogP contribution < -0.4 is 5.32 Å². The van der Waals surface area contributed by atoms with Crippen LogP contribution in [0.4, 0.5) is 0 Å². The predicted molar refractivity (Wildman–Crippen MR) is 119 cm³/mol. The first-order chi connectivity index (χ1) is 14.5. The molecular weight excluding hydrogens is 372 g/mol. The molecule has 5 nitrogen and oxygen atoms in total. The number of aromatic nitrogens is 2. The number of nitrogens with one attached hydrogen (secondary N) is 1. The Labute approximate surface area is 178 Å². The third-order valence-electron chi connectivity index (χ3n) is 6.97. The van der Waals surface area contributed by atoms with Crippen molar-refractivity contribution in [2.45, 2.75) is 51.2 Å². The van der Waals surface area contributed by atoms with Crippen molar-refractivity contribution < 1.29 is 4.79 Å². The van der Waals surface area contributed by atoms with E-state index in [9.17, 15) is 4.79 Å². The van der Waals surface area contributed by atoms with E-state index in [1.165, 1.54) is 22.0 Å². The molecule has 2 aliphatic rings. The molecule has 0 spiro atoms. The minimum Gasteiger partial charge on any atom is -0.350 e. The number of carbonyl (C=O) groups excluding carboxylic acids is 1. The molecule has 1 unspecified atom stereocenters. The highest BCUT2D eigenvalue weighted by atomic mass is 16.1. The number of pyridine rings is 1. The van der Waals surface area contributed by atoms with E-state index >= 15 is 0 Å². The van der Waals surface area contributed by atoms with Crippen LogP contribution in [0.5, 0.6) is 0 Å². The lowest BCUT2D eigenvalue weighted by molar-refractivity contribution is -0.127. The van der Waals surface area contributed by atoms with Crippen LogP contribution in [-0.4, -0.2) is 40.0 Å². The number of hydrogen-bond donors (Lipinski definition) is 1. The fraction of sp³-hybridized carbons (Fsp3) is 0.440. The maximum absolute atomic E-state index is 13.0. The fourth-order valence-corrected chi connectivity index (χ4v) is 5.52. The second-order valence-electron chi connectivity index (χ2n) is 9.19. The monoisotopic (exact) mass is 402 g/mol. The number of hydrogen-bond acceptors (Lipinski definition) is 3. The SMILES string of the molecule is CC(C)n1cc2c3c(cccc31)C1C[C@@H](C(=O)NCc3ccccn3)CN(C)[C@@H]1C2. The zero-order valence-electron chi connectivity index (χ0n) is 18.0. The van der Waals surface area contributed by atoms with Crippen LogP contribution in [0.25, 0.3) is 10.9 Å². The van der Waals surface area contributed by atoms with Gasteiger partial charge in [0.1, 0.15) is 0 Å². The molecule has 156 valence electrons. The van der Waals surface area contributed by atoms with E-state index in [1.54, 1.807) is 6.20 Å². The van der Waals surface area contributed by atoms with Crippen molar-refractivity contribution in [2.24, 2.45) is 5.92 Å². The van der Waals surface area contributed by atoms with Crippen LogP contribution in [0.15, 0.2) is 48.8 Å². The van der Waals surface area contributed by atoms with Gasteiger partial charge >= 0.3 is 0 Å². The number of likely N-dealkylation sites (N-methyl/N-ethyl adjacent to an activating group) is 1. The lowest BCUT2D eigenvalue weighted by atomic mass is 9.72. The number of rotatable bonds is 4. The normalized spacial score (nSPS) is 23.5. The molecule has 30 heavy (non-hydrogen) atoms. The number of likely N-dealkylation sites (tertiary alicyclic amines) is 1. The molecular formula is C25H30N4O. The number of amides is 1. The molecule has 1 saturated heterocycles. The van der Waals surface area contributed by atoms with Gasteiger partial charge in [0, 0.05) is 47.8 Å². The lowest BCUT2D eigenvalue weighted by Crippen LogP contribution is -2.51. The smallest absolute Gasteiger partial charge is 0.224 e. The van der Waals surface area contributed by atoms with Gasteiger partial charge in [0.05, 0.1) is 18.2 Å². The number of fused-ring (bicyclic) bond motifs is 2. The fourth-order valence-electron chi connectivity index (χ4n) is 5.52. The van der Waals surface area contributed by atoms with Crippen molar-refractivity contribution in [3.8, 4) is 0 Å². The van der Waals surface area contributed by atoms with Gasteiger partial charge in [-0.05, 0) is 63.1 Å². The van der Waals surface area contributed by atoms with Crippen molar-refractivity contribution in [3.63, 3.8) is 0 Å². The summed E-state index contributed by atoms with van der Waals surface area (Å²) in [5.74, 6) is 0.543. The van der Waals surface area contributed by atoms with E-state index in [2.05, 4.69) is 65.1 Å². The van der Waals surface area contributed by atoms with Crippen LogP contribution in [0.1, 0.15) is 49.0 Å². The average Bonchev–Trinajstić information content (AvgIpc) is 3.13. The minimum atomic E-state index is 0.00366. The van der Waals surface area contributed by atoms with Gasteiger partial charge in [0.25, 0.3) is 0 Å². The third-order valence-corrected chi connectivity index (χ3v) is 6.97. The van der Waals surface area contributed by atoms with E-state index in [1.807, 2.05) is 18.2 Å². The first-order valence-electron chi connectivity index (χ1n) is 11.0. The van der Waals surface area contributed by atoms with Crippen LogP contribution in [0.2, 0.25) is 0 Å². The molecule has 0 radical (unpaired) electrons. The van der Waals surface area contributed by atoms with Crippen molar-refractivity contribution in [3.05, 3.63) is 65.6 Å². The van der Waals surface area contributed by atoms with Gasteiger partial charge in [0.15, 0.2) is 0 Å². The van der Waals surface area contributed by atoms with E-state index in [0.29, 0.717) is 24.5 Å². The van der Waals surface area contributed by atoms with Crippen molar-refractivity contribution in [1.82, 2.24) is 19.8 Å². The molecule has 2 aromatic heterocycles. The van der Waals surface area contributed by atoms with Crippen molar-refractivity contribution in [1.29, 1.82) is 0 Å². The topological polar surface area (TPSA) is 50.2 Å². The van der Waals surface area contributed by atoms with Gasteiger partial charge in [-0.2, -0.15) is 0 Å². The molecule has 0 bridgehead atoms. The van der Waals surface area contributed by atoms with E-state index in [4.69, 9.17) is 0 Å². The van der Waals surface area contributed by atoms with Gasteiger partial charge in [-0.25, -0.2) is 0 Å². The Kier molecular flexibility index (Phi) is 4.86. The number of piperidine rings is 1. The number of nitrogens with zero attached hydrogens (tertiary/aromatic N) is 3. The summed E-state index contributed by atoms with van der Waals surface area (Å²) in [5, 5.41) is 4.54. The molecule has 1 aliphatic heterocycles. The summed E-state index contributed by atoms with van der Waals surface area (Å²) in [5.41, 5.74) is 5.11. The third kappa shape index (κ3) is 3.21. The van der Waals surface area contributed by atoms with Crippen LogP contribution >= 0.6 is 0 Å². The lowest BCUT2D eigenvalue weighted by Gasteiger charge is -2.45. The highest BCUT2D eigenvalue weighted by Crippen LogP contribution is 2.45. The average molecular weight is 403 g/mol. The molecule has 1 aromatic carbocycles. The van der Waals surface area contributed by atoms with Gasteiger partial charge in [-0.3, -0.25) is 9.78 Å². The zero-order chi connectivity index (χ0) is 20.8. The standard InChI is InChI=1S/C25H30N4O/c1-16(2)29-15-17-12-23-21(20-8-6-9-22(29)24(17)20)11-18(14-28(23)3)25(30)27-13-19-7-4-5-10-26-19/h4-10,15-16,18,21,23H,11-14H2,1-3H3,(H,27,30)/t18-,21?,23-/m1/s1. The minimum absolute atomic E-state index is 0.00366. The summed E-state index contributed by atoms with van der Waals surface area (Å²) in [6.07, 6.45) is 6.10. The van der Waals surface area contributed by atoms with E-state index in [-0.39, 0.29) is 11.8 Å². The largest absolute Gasteiger partial charge is 0.350 e. The molecule has 3 aromatic rings. The zero-order valence-corrected chi connectivity index (χ0v) is 18.0. The van der Waals surface area contributed by atoms with Gasteiger partial charge in [0.2, 0.25) is 5.91 Å². The molecule has 1 N–H and O–H groups in total. The molecule has 3 heterocycles. The maximum Gasteiger partial charge on any atom is 0.224 e. The highest BCUT2D eigenvalue weighted by molar-refractivity contribution is 5.89. The Morgan fingerprint density at radius 1 is 1.23 bits per heavy atom. The Hall–Kier alpha value is -2.66. The van der Waals surface area contributed by atoms with Crippen LogP contribution in [0.3, 0.4) is 0 Å². The molecule has 3 atom stereocenters. The summed E-state index contributed by atoms with van der Waals surface area (Å²) in [7, 11) is 2.18. The summed E-state index contributed by atoms with van der Waals surface area (Å²) in [4.78, 5) is 19.7. The summed E-state index contributed by atoms with van der Waals surface area (Å²) in [6, 6.07) is 13.4. The Morgan fingerprint density at radius 3 is 2.87 bits per heavy atom. The molecule has 1 amide bonds. The van der Waals surface area contributed by atoms with Crippen LogP contribution in [-0.2, 0) is 17.8 Å². The quantitative estimate of drug-likeness (QED) is 0.720. The first kappa shape index (κ1) is 19.3. The highest BCUT2D eigenvalue weighted by Gasteiger charge is 2.41. The second kappa shape index (κ2) is 7.55.